The van der Waals surface area contributed by atoms with Crippen LogP contribution in [0.1, 0.15) is 15.7 Å². The summed E-state index contributed by atoms with van der Waals surface area (Å²) < 4.78 is 0. The van der Waals surface area contributed by atoms with Gasteiger partial charge in [0, 0.05) is 36.9 Å². The summed E-state index contributed by atoms with van der Waals surface area (Å²) in [5.41, 5.74) is 9.47. The number of nitrogens with two attached hydrogens (primary N) is 2. The number of carbonyl (C=O) groups is 4. The van der Waals surface area contributed by atoms with Gasteiger partial charge in [-0.3, -0.25) is 0 Å². The molecule has 2 atom stereocenters. The number of hydrogen-bond donors (Lipinski definition) is 2. The molecule has 0 saturated heterocycles. The van der Waals surface area contributed by atoms with Crippen molar-refractivity contribution < 1.29 is 42.5 Å². The van der Waals surface area contributed by atoms with Gasteiger partial charge in [0.1, 0.15) is 0 Å². The van der Waals surface area contributed by atoms with Crippen LogP contribution >= 0.6 is 0 Å². The van der Waals surface area contributed by atoms with Crippen LogP contribution in [0.2, 0.25) is 0 Å². The SMILES string of the molecule is NC(CC(=O)[O-])C(=O)[O-].NC(CC(=O)[O-])C(=O)[O-].[H+].[H+].[Mg+2]. The second-order valence-electron chi connectivity index (χ2n) is 3.00. The molecule has 0 aliphatic carbocycles. The Kier molecular flexibility index (Phi) is 13.9. The Morgan fingerprint density at radius 1 is 0.789 bits per heavy atom. The number of aliphatic carboxylic acids is 4. The third-order valence-electron chi connectivity index (χ3n) is 1.38. The molecule has 10 nitrogen and oxygen atoms in total. The number of carboxylic acid groups (broad SMARTS) is 4. The monoisotopic (exact) mass is 288 g/mol. The van der Waals surface area contributed by atoms with Crippen LogP contribution in [0.15, 0.2) is 0 Å². The van der Waals surface area contributed by atoms with Crippen molar-refractivity contribution >= 4 is 46.9 Å². The van der Waals surface area contributed by atoms with Crippen molar-refractivity contribution in [2.24, 2.45) is 11.5 Å². The van der Waals surface area contributed by atoms with Gasteiger partial charge in [-0.05, 0) is 0 Å². The molecule has 11 heteroatoms. The van der Waals surface area contributed by atoms with Crippen molar-refractivity contribution in [1.29, 1.82) is 0 Å². The van der Waals surface area contributed by atoms with Gasteiger partial charge in [-0.15, -0.1) is 0 Å². The Hall–Kier alpha value is -1.43. The maximum absolute atomic E-state index is 9.71. The molecular weight excluding hydrogens is 276 g/mol. The van der Waals surface area contributed by atoms with E-state index in [9.17, 15) is 39.6 Å². The van der Waals surface area contributed by atoms with Crippen LogP contribution in [0.4, 0.5) is 0 Å². The van der Waals surface area contributed by atoms with E-state index in [1.54, 1.807) is 0 Å². The van der Waals surface area contributed by atoms with Gasteiger partial charge in [0.05, 0.1) is 11.9 Å². The minimum atomic E-state index is -1.58. The molecular formula is C8H12MgN2O8. The number of carboxylic acids is 4. The van der Waals surface area contributed by atoms with E-state index in [4.69, 9.17) is 11.5 Å². The van der Waals surface area contributed by atoms with Gasteiger partial charge in [0.15, 0.2) is 0 Å². The third-order valence-corrected chi connectivity index (χ3v) is 1.38. The molecule has 104 valence electrons. The van der Waals surface area contributed by atoms with Crippen LogP contribution in [0.25, 0.3) is 0 Å². The first-order valence-corrected chi connectivity index (χ1v) is 4.40. The van der Waals surface area contributed by atoms with E-state index in [1.807, 2.05) is 0 Å². The molecule has 0 aliphatic heterocycles. The van der Waals surface area contributed by atoms with Gasteiger partial charge >= 0.3 is 25.9 Å². The molecule has 4 N–H and O–H groups in total. The first kappa shape index (κ1) is 22.7. The van der Waals surface area contributed by atoms with Gasteiger partial charge in [-0.25, -0.2) is 0 Å². The van der Waals surface area contributed by atoms with Crippen molar-refractivity contribution in [3.05, 3.63) is 0 Å². The number of hydrogen-bond acceptors (Lipinski definition) is 10. The maximum atomic E-state index is 9.71. The van der Waals surface area contributed by atoms with E-state index in [2.05, 4.69) is 0 Å². The summed E-state index contributed by atoms with van der Waals surface area (Å²) in [4.78, 5) is 38.7. The van der Waals surface area contributed by atoms with Crippen LogP contribution in [0.3, 0.4) is 0 Å². The predicted molar refractivity (Wildman–Crippen MR) is 53.2 cm³/mol. The zero-order valence-corrected chi connectivity index (χ0v) is 11.1. The zero-order valence-electron chi connectivity index (χ0n) is 11.7. The van der Waals surface area contributed by atoms with Crippen molar-refractivity contribution in [3.8, 4) is 0 Å². The van der Waals surface area contributed by atoms with Gasteiger partial charge in [-0.1, -0.05) is 0 Å². The van der Waals surface area contributed by atoms with Crippen molar-refractivity contribution in [2.75, 3.05) is 0 Å². The summed E-state index contributed by atoms with van der Waals surface area (Å²) in [5, 5.41) is 38.7. The average Bonchev–Trinajstić information content (AvgIpc) is 2.16. The quantitative estimate of drug-likeness (QED) is 0.440. The van der Waals surface area contributed by atoms with Crippen LogP contribution in [0, 0.1) is 0 Å². The smallest absolute Gasteiger partial charge is 0.550 e. The Labute approximate surface area is 126 Å². The van der Waals surface area contributed by atoms with Crippen LogP contribution < -0.4 is 31.9 Å². The molecule has 0 saturated carbocycles. The second kappa shape index (κ2) is 11.6. The molecule has 0 rings (SSSR count). The summed E-state index contributed by atoms with van der Waals surface area (Å²) in [6, 6.07) is -2.93. The molecule has 0 aromatic rings. The molecule has 0 radical (unpaired) electrons. The van der Waals surface area contributed by atoms with E-state index >= 15 is 0 Å². The Morgan fingerprint density at radius 2 is 1.00 bits per heavy atom. The molecule has 19 heavy (non-hydrogen) atoms. The molecule has 0 spiro atoms. The summed E-state index contributed by atoms with van der Waals surface area (Å²) in [5.74, 6) is -6.16. The molecule has 2 unspecified atom stereocenters. The zero-order chi connectivity index (χ0) is 14.9. The van der Waals surface area contributed by atoms with Crippen molar-refractivity contribution in [3.63, 3.8) is 0 Å². The van der Waals surface area contributed by atoms with E-state index in [0.717, 1.165) is 0 Å². The largest absolute Gasteiger partial charge is 2.00 e. The average molecular weight is 288 g/mol. The van der Waals surface area contributed by atoms with Gasteiger partial charge in [0.25, 0.3) is 0 Å². The minimum absolute atomic E-state index is 0. The van der Waals surface area contributed by atoms with E-state index in [-0.39, 0.29) is 25.9 Å². The number of rotatable bonds is 6. The summed E-state index contributed by atoms with van der Waals surface area (Å²) in [6.45, 7) is 0. The Morgan fingerprint density at radius 3 is 1.05 bits per heavy atom. The fraction of sp³-hybridized carbons (Fsp3) is 0.500. The van der Waals surface area contributed by atoms with E-state index in [1.165, 1.54) is 0 Å². The van der Waals surface area contributed by atoms with Gasteiger partial charge < -0.3 is 51.1 Å². The molecule has 0 aromatic carbocycles. The third kappa shape index (κ3) is 16.6. The second-order valence-corrected chi connectivity index (χ2v) is 3.00. The number of carbonyl (C=O) groups excluding carboxylic acids is 4. The van der Waals surface area contributed by atoms with Crippen LogP contribution in [-0.4, -0.2) is 59.0 Å². The first-order chi connectivity index (χ1) is 8.07. The molecule has 0 bridgehead atoms. The Bertz CT molecular complexity index is 312. The molecule has 0 fully saturated rings. The van der Waals surface area contributed by atoms with Crippen molar-refractivity contribution in [1.82, 2.24) is 0 Å². The normalized spacial score (nSPS) is 11.9. The van der Waals surface area contributed by atoms with Crippen molar-refractivity contribution in [2.45, 2.75) is 24.9 Å². The van der Waals surface area contributed by atoms with E-state index < -0.39 is 48.8 Å². The minimum Gasteiger partial charge on any atom is -0.550 e. The molecule has 0 aromatic heterocycles. The standard InChI is InChI=1S/2C4H7NO4.Mg/c2*5-2(4(8)9)1-3(6)7;/h2*2H,1,5H2,(H,6,7)(H,8,9);/q;;+2/p-2. The first-order valence-electron chi connectivity index (χ1n) is 4.40. The molecule has 0 aliphatic rings. The van der Waals surface area contributed by atoms with Gasteiger partial charge in [0.2, 0.25) is 0 Å². The van der Waals surface area contributed by atoms with Crippen LogP contribution in [-0.2, 0) is 19.2 Å². The summed E-state index contributed by atoms with van der Waals surface area (Å²) in [6.07, 6.45) is -1.41. The fourth-order valence-electron chi connectivity index (χ4n) is 0.526. The van der Waals surface area contributed by atoms with E-state index in [0.29, 0.717) is 0 Å². The molecule has 0 heterocycles. The Balaban J connectivity index is -0.0000000711. The molecule has 0 amide bonds. The summed E-state index contributed by atoms with van der Waals surface area (Å²) >= 11 is 0. The predicted octanol–water partition coefficient (Wildman–Crippen LogP) is -7.75. The fourth-order valence-corrected chi connectivity index (χ4v) is 0.526. The van der Waals surface area contributed by atoms with Crippen LogP contribution in [0.5, 0.6) is 0 Å². The maximum Gasteiger partial charge on any atom is 2.00 e. The van der Waals surface area contributed by atoms with Gasteiger partial charge in [-0.2, -0.15) is 0 Å². The topological polar surface area (TPSA) is 213 Å². The summed E-state index contributed by atoms with van der Waals surface area (Å²) in [7, 11) is 0.